The molecular formula is C13H17N3O3. The van der Waals surface area contributed by atoms with Crippen LogP contribution in [0.2, 0.25) is 0 Å². The summed E-state index contributed by atoms with van der Waals surface area (Å²) in [4.78, 5) is 17.3. The number of ether oxygens (including phenoxy) is 2. The zero-order chi connectivity index (χ0) is 14.1. The second-order valence-electron chi connectivity index (χ2n) is 3.73. The fourth-order valence-corrected chi connectivity index (χ4v) is 1.50. The molecule has 0 aliphatic rings. The lowest BCUT2D eigenvalue weighted by Crippen LogP contribution is -2.33. The summed E-state index contributed by atoms with van der Waals surface area (Å²) < 4.78 is 9.94. The zero-order valence-electron chi connectivity index (χ0n) is 11.1. The lowest BCUT2D eigenvalue weighted by Gasteiger charge is -2.22. The molecule has 0 saturated carbocycles. The molecular weight excluding hydrogens is 246 g/mol. The monoisotopic (exact) mass is 263 g/mol. The molecule has 0 radical (unpaired) electrons. The van der Waals surface area contributed by atoms with Crippen molar-refractivity contribution in [2.45, 2.75) is 6.92 Å². The van der Waals surface area contributed by atoms with Crippen molar-refractivity contribution in [3.05, 3.63) is 24.0 Å². The van der Waals surface area contributed by atoms with Gasteiger partial charge in [-0.05, 0) is 19.1 Å². The van der Waals surface area contributed by atoms with Crippen molar-refractivity contribution >= 4 is 11.7 Å². The van der Waals surface area contributed by atoms with Crippen molar-refractivity contribution in [2.24, 2.45) is 0 Å². The number of hydrogen-bond acceptors (Lipinski definition) is 6. The molecule has 1 aromatic heterocycles. The van der Waals surface area contributed by atoms with Gasteiger partial charge >= 0.3 is 5.97 Å². The Morgan fingerprint density at radius 3 is 2.84 bits per heavy atom. The van der Waals surface area contributed by atoms with Gasteiger partial charge < -0.3 is 14.4 Å². The van der Waals surface area contributed by atoms with Gasteiger partial charge in [0.1, 0.15) is 18.3 Å². The molecule has 0 saturated heterocycles. The standard InChI is InChI=1S/C13H17N3O3/c1-3-19-13(17)10-16(6-7-18-2)12-5-4-11(8-14)15-9-12/h4-5,9H,3,6-7,10H2,1-2H3. The van der Waals surface area contributed by atoms with Gasteiger partial charge in [0.05, 0.1) is 25.1 Å². The first-order valence-corrected chi connectivity index (χ1v) is 5.97. The fourth-order valence-electron chi connectivity index (χ4n) is 1.50. The summed E-state index contributed by atoms with van der Waals surface area (Å²) in [6, 6.07) is 5.31. The van der Waals surface area contributed by atoms with Crippen LogP contribution < -0.4 is 4.90 Å². The first-order valence-electron chi connectivity index (χ1n) is 5.97. The normalized spacial score (nSPS) is 9.74. The van der Waals surface area contributed by atoms with Crippen LogP contribution in [0, 0.1) is 11.3 Å². The molecule has 0 N–H and O–H groups in total. The molecule has 0 spiro atoms. The van der Waals surface area contributed by atoms with E-state index >= 15 is 0 Å². The van der Waals surface area contributed by atoms with Crippen LogP contribution in [0.5, 0.6) is 0 Å². The number of nitrogens with zero attached hydrogens (tertiary/aromatic N) is 3. The Morgan fingerprint density at radius 1 is 1.53 bits per heavy atom. The Labute approximate surface area is 112 Å². The van der Waals surface area contributed by atoms with Crippen LogP contribution in [-0.4, -0.2) is 44.4 Å². The van der Waals surface area contributed by atoms with Crippen LogP contribution in [0.1, 0.15) is 12.6 Å². The first-order chi connectivity index (χ1) is 9.21. The number of carbonyl (C=O) groups excluding carboxylic acids is 1. The van der Waals surface area contributed by atoms with Crippen molar-refractivity contribution in [2.75, 3.05) is 38.3 Å². The number of esters is 1. The third-order valence-corrected chi connectivity index (χ3v) is 2.42. The topological polar surface area (TPSA) is 75.4 Å². The van der Waals surface area contributed by atoms with Gasteiger partial charge in [0.15, 0.2) is 0 Å². The molecule has 6 heteroatoms. The van der Waals surface area contributed by atoms with Gasteiger partial charge in [0.25, 0.3) is 0 Å². The van der Waals surface area contributed by atoms with E-state index in [1.807, 2.05) is 6.07 Å². The second-order valence-corrected chi connectivity index (χ2v) is 3.73. The maximum Gasteiger partial charge on any atom is 0.325 e. The van der Waals surface area contributed by atoms with E-state index in [4.69, 9.17) is 14.7 Å². The van der Waals surface area contributed by atoms with Gasteiger partial charge in [0, 0.05) is 13.7 Å². The van der Waals surface area contributed by atoms with Crippen molar-refractivity contribution in [1.29, 1.82) is 5.26 Å². The van der Waals surface area contributed by atoms with Gasteiger partial charge in [-0.2, -0.15) is 5.26 Å². The van der Waals surface area contributed by atoms with Crippen molar-refractivity contribution in [3.63, 3.8) is 0 Å². The summed E-state index contributed by atoms with van der Waals surface area (Å²) in [5, 5.41) is 8.70. The van der Waals surface area contributed by atoms with E-state index < -0.39 is 0 Å². The smallest absolute Gasteiger partial charge is 0.325 e. The van der Waals surface area contributed by atoms with Crippen molar-refractivity contribution in [3.8, 4) is 6.07 Å². The number of hydrogen-bond donors (Lipinski definition) is 0. The van der Waals surface area contributed by atoms with E-state index in [0.717, 1.165) is 5.69 Å². The number of carbonyl (C=O) groups is 1. The van der Waals surface area contributed by atoms with Crippen LogP contribution in [0.4, 0.5) is 5.69 Å². The minimum atomic E-state index is -0.303. The Morgan fingerprint density at radius 2 is 2.32 bits per heavy atom. The van der Waals surface area contributed by atoms with E-state index in [1.54, 1.807) is 37.3 Å². The predicted octanol–water partition coefficient (Wildman–Crippen LogP) is 0.969. The maximum atomic E-state index is 11.5. The SMILES string of the molecule is CCOC(=O)CN(CCOC)c1ccc(C#N)nc1. The Kier molecular flexibility index (Phi) is 6.33. The van der Waals surface area contributed by atoms with Crippen molar-refractivity contribution in [1.82, 2.24) is 4.98 Å². The minimum absolute atomic E-state index is 0.130. The van der Waals surface area contributed by atoms with Gasteiger partial charge in [-0.15, -0.1) is 0 Å². The number of aromatic nitrogens is 1. The summed E-state index contributed by atoms with van der Waals surface area (Å²) in [6.45, 7) is 3.27. The van der Waals surface area contributed by atoms with Crippen molar-refractivity contribution < 1.29 is 14.3 Å². The Hall–Kier alpha value is -2.13. The molecule has 0 aliphatic carbocycles. The van der Waals surface area contributed by atoms with Gasteiger partial charge in [-0.25, -0.2) is 4.98 Å². The highest BCUT2D eigenvalue weighted by molar-refractivity contribution is 5.75. The van der Waals surface area contributed by atoms with Crippen LogP contribution in [0.15, 0.2) is 18.3 Å². The van der Waals surface area contributed by atoms with Crippen LogP contribution >= 0.6 is 0 Å². The van der Waals surface area contributed by atoms with Crippen LogP contribution in [-0.2, 0) is 14.3 Å². The maximum absolute atomic E-state index is 11.5. The minimum Gasteiger partial charge on any atom is -0.465 e. The molecule has 0 aliphatic heterocycles. The van der Waals surface area contributed by atoms with Crippen LogP contribution in [0.25, 0.3) is 0 Å². The zero-order valence-corrected chi connectivity index (χ0v) is 11.1. The molecule has 0 atom stereocenters. The van der Waals surface area contributed by atoms with Gasteiger partial charge in [0.2, 0.25) is 0 Å². The molecule has 102 valence electrons. The second kappa shape index (κ2) is 8.06. The third kappa shape index (κ3) is 4.94. The molecule has 6 nitrogen and oxygen atoms in total. The average Bonchev–Trinajstić information content (AvgIpc) is 2.44. The Bertz CT molecular complexity index is 439. The summed E-state index contributed by atoms with van der Waals surface area (Å²) in [6.07, 6.45) is 1.56. The molecule has 0 unspecified atom stereocenters. The molecule has 1 rings (SSSR count). The third-order valence-electron chi connectivity index (χ3n) is 2.42. The molecule has 0 fully saturated rings. The van der Waals surface area contributed by atoms with Crippen LogP contribution in [0.3, 0.4) is 0 Å². The van der Waals surface area contributed by atoms with E-state index in [9.17, 15) is 4.79 Å². The number of methoxy groups -OCH3 is 1. The fraction of sp³-hybridized carbons (Fsp3) is 0.462. The highest BCUT2D eigenvalue weighted by Crippen LogP contribution is 2.12. The van der Waals surface area contributed by atoms with E-state index in [0.29, 0.717) is 25.5 Å². The summed E-state index contributed by atoms with van der Waals surface area (Å²) in [7, 11) is 1.60. The number of nitriles is 1. The number of rotatable bonds is 7. The van der Waals surface area contributed by atoms with E-state index in [1.165, 1.54) is 0 Å². The van der Waals surface area contributed by atoms with Gasteiger partial charge in [-0.1, -0.05) is 0 Å². The van der Waals surface area contributed by atoms with E-state index in [2.05, 4.69) is 4.98 Å². The molecule has 1 heterocycles. The number of anilines is 1. The highest BCUT2D eigenvalue weighted by Gasteiger charge is 2.12. The largest absolute Gasteiger partial charge is 0.465 e. The summed E-state index contributed by atoms with van der Waals surface area (Å²) in [5.41, 5.74) is 1.09. The lowest BCUT2D eigenvalue weighted by molar-refractivity contribution is -0.141. The highest BCUT2D eigenvalue weighted by atomic mass is 16.5. The molecule has 0 amide bonds. The predicted molar refractivity (Wildman–Crippen MR) is 69.7 cm³/mol. The summed E-state index contributed by atoms with van der Waals surface area (Å²) >= 11 is 0. The first kappa shape index (κ1) is 14.9. The lowest BCUT2D eigenvalue weighted by atomic mass is 10.3. The molecule has 1 aromatic rings. The Balaban J connectivity index is 2.76. The summed E-state index contributed by atoms with van der Waals surface area (Å²) in [5.74, 6) is -0.303. The molecule has 0 aromatic carbocycles. The number of pyridine rings is 1. The van der Waals surface area contributed by atoms with E-state index in [-0.39, 0.29) is 12.5 Å². The quantitative estimate of drug-likeness (QED) is 0.682. The average molecular weight is 263 g/mol. The molecule has 0 bridgehead atoms. The molecule has 19 heavy (non-hydrogen) atoms. The van der Waals surface area contributed by atoms with Gasteiger partial charge in [-0.3, -0.25) is 4.79 Å².